The van der Waals surface area contributed by atoms with Gasteiger partial charge in [0.25, 0.3) is 0 Å². The third-order valence-electron chi connectivity index (χ3n) is 4.03. The molecule has 0 spiro atoms. The maximum Gasteiger partial charge on any atom is 0.409 e. The van der Waals surface area contributed by atoms with Crippen molar-refractivity contribution < 1.29 is 14.3 Å². The van der Waals surface area contributed by atoms with Gasteiger partial charge in [-0.15, -0.1) is 0 Å². The van der Waals surface area contributed by atoms with Crippen LogP contribution in [-0.4, -0.2) is 68.3 Å². The van der Waals surface area contributed by atoms with Crippen LogP contribution < -0.4 is 10.1 Å². The molecule has 1 fully saturated rings. The number of nitrogens with one attached hydrogen (secondary N) is 1. The minimum absolute atomic E-state index is 0.240. The zero-order valence-corrected chi connectivity index (χ0v) is 15.3. The molecule has 138 valence electrons. The van der Waals surface area contributed by atoms with Crippen LogP contribution in [-0.2, 0) is 11.3 Å². The van der Waals surface area contributed by atoms with Crippen molar-refractivity contribution in [3.05, 3.63) is 29.8 Å². The van der Waals surface area contributed by atoms with E-state index in [9.17, 15) is 4.79 Å². The topological polar surface area (TPSA) is 66.4 Å². The molecule has 0 radical (unpaired) electrons. The number of benzene rings is 1. The summed E-state index contributed by atoms with van der Waals surface area (Å²) in [6.07, 6.45) is -0.240. The first-order valence-electron chi connectivity index (χ1n) is 8.77. The van der Waals surface area contributed by atoms with E-state index in [1.54, 1.807) is 11.9 Å². The summed E-state index contributed by atoms with van der Waals surface area (Å²) in [4.78, 5) is 20.0. The summed E-state index contributed by atoms with van der Waals surface area (Å²) in [5.41, 5.74) is 1.09. The molecule has 0 atom stereocenters. The Kier molecular flexibility index (Phi) is 7.37. The smallest absolute Gasteiger partial charge is 0.409 e. The van der Waals surface area contributed by atoms with Gasteiger partial charge in [0, 0.05) is 45.3 Å². The van der Waals surface area contributed by atoms with Crippen molar-refractivity contribution in [3.63, 3.8) is 0 Å². The maximum absolute atomic E-state index is 11.8. The number of hydrogen-bond acceptors (Lipinski definition) is 4. The number of amides is 1. The van der Waals surface area contributed by atoms with E-state index >= 15 is 0 Å². The Hall–Kier alpha value is -2.44. The zero-order chi connectivity index (χ0) is 18.1. The zero-order valence-electron chi connectivity index (χ0n) is 15.3. The highest BCUT2D eigenvalue weighted by atomic mass is 16.6. The van der Waals surface area contributed by atoms with Crippen LogP contribution in [0.15, 0.2) is 29.3 Å². The van der Waals surface area contributed by atoms with Crippen LogP contribution in [0, 0.1) is 0 Å². The molecule has 1 aliphatic heterocycles. The van der Waals surface area contributed by atoms with E-state index in [1.165, 1.54) is 0 Å². The van der Waals surface area contributed by atoms with Crippen LogP contribution in [0.25, 0.3) is 0 Å². The predicted molar refractivity (Wildman–Crippen MR) is 98.0 cm³/mol. The van der Waals surface area contributed by atoms with E-state index in [-0.39, 0.29) is 6.09 Å². The molecule has 0 bridgehead atoms. The van der Waals surface area contributed by atoms with Crippen molar-refractivity contribution in [1.29, 1.82) is 0 Å². The summed E-state index contributed by atoms with van der Waals surface area (Å²) in [6.45, 7) is 8.21. The second-order valence-electron chi connectivity index (χ2n) is 5.61. The van der Waals surface area contributed by atoms with Gasteiger partial charge in [0.15, 0.2) is 5.96 Å². The SMILES string of the molecule is CCOC(=O)N1CCN(C(=NC)NCc2ccccc2OCC)CC1. The Balaban J connectivity index is 1.89. The summed E-state index contributed by atoms with van der Waals surface area (Å²) in [6, 6.07) is 7.99. The second-order valence-corrected chi connectivity index (χ2v) is 5.61. The van der Waals surface area contributed by atoms with E-state index in [1.807, 2.05) is 38.1 Å². The lowest BCUT2D eigenvalue weighted by molar-refractivity contribution is 0.0914. The minimum Gasteiger partial charge on any atom is -0.494 e. The molecule has 0 aliphatic carbocycles. The van der Waals surface area contributed by atoms with Gasteiger partial charge in [0.1, 0.15) is 5.75 Å². The Morgan fingerprint density at radius 1 is 1.12 bits per heavy atom. The van der Waals surface area contributed by atoms with Crippen LogP contribution >= 0.6 is 0 Å². The van der Waals surface area contributed by atoms with Crippen molar-refractivity contribution >= 4 is 12.1 Å². The van der Waals surface area contributed by atoms with Gasteiger partial charge in [0.2, 0.25) is 0 Å². The second kappa shape index (κ2) is 9.76. The fraction of sp³-hybridized carbons (Fsp3) is 0.556. The molecule has 7 heteroatoms. The quantitative estimate of drug-likeness (QED) is 0.651. The van der Waals surface area contributed by atoms with E-state index < -0.39 is 0 Å². The van der Waals surface area contributed by atoms with Gasteiger partial charge >= 0.3 is 6.09 Å². The Morgan fingerprint density at radius 3 is 2.44 bits per heavy atom. The van der Waals surface area contributed by atoms with Crippen LogP contribution in [0.2, 0.25) is 0 Å². The molecule has 1 N–H and O–H groups in total. The number of nitrogens with zero attached hydrogens (tertiary/aromatic N) is 3. The summed E-state index contributed by atoms with van der Waals surface area (Å²) in [7, 11) is 1.77. The number of hydrogen-bond donors (Lipinski definition) is 1. The van der Waals surface area contributed by atoms with Crippen molar-refractivity contribution in [2.24, 2.45) is 4.99 Å². The summed E-state index contributed by atoms with van der Waals surface area (Å²) in [5, 5.41) is 3.38. The average Bonchev–Trinajstić information content (AvgIpc) is 2.64. The molecular formula is C18H28N4O3. The summed E-state index contributed by atoms with van der Waals surface area (Å²) < 4.78 is 10.7. The van der Waals surface area contributed by atoms with Crippen LogP contribution in [0.3, 0.4) is 0 Å². The largest absolute Gasteiger partial charge is 0.494 e. The van der Waals surface area contributed by atoms with Gasteiger partial charge in [0.05, 0.1) is 13.2 Å². The third kappa shape index (κ3) is 5.27. The monoisotopic (exact) mass is 348 g/mol. The first kappa shape index (κ1) is 18.9. The first-order valence-corrected chi connectivity index (χ1v) is 8.77. The number of aliphatic imine (C=N–C) groups is 1. The van der Waals surface area contributed by atoms with E-state index in [2.05, 4.69) is 15.2 Å². The first-order chi connectivity index (χ1) is 12.2. The number of carbonyl (C=O) groups is 1. The third-order valence-corrected chi connectivity index (χ3v) is 4.03. The summed E-state index contributed by atoms with van der Waals surface area (Å²) >= 11 is 0. The Labute approximate surface area is 149 Å². The van der Waals surface area contributed by atoms with Crippen LogP contribution in [0.4, 0.5) is 4.79 Å². The highest BCUT2D eigenvalue weighted by Crippen LogP contribution is 2.17. The fourth-order valence-corrected chi connectivity index (χ4v) is 2.77. The molecule has 1 amide bonds. The summed E-state index contributed by atoms with van der Waals surface area (Å²) in [5.74, 6) is 1.72. The fourth-order valence-electron chi connectivity index (χ4n) is 2.77. The molecule has 25 heavy (non-hydrogen) atoms. The molecule has 1 heterocycles. The molecule has 1 aromatic carbocycles. The number of carbonyl (C=O) groups excluding carboxylic acids is 1. The Morgan fingerprint density at radius 2 is 1.80 bits per heavy atom. The highest BCUT2D eigenvalue weighted by Gasteiger charge is 2.23. The lowest BCUT2D eigenvalue weighted by Gasteiger charge is -2.35. The Bertz CT molecular complexity index is 583. The number of rotatable bonds is 5. The van der Waals surface area contributed by atoms with Crippen molar-refractivity contribution in [3.8, 4) is 5.75 Å². The average molecular weight is 348 g/mol. The van der Waals surface area contributed by atoms with Gasteiger partial charge in [-0.1, -0.05) is 18.2 Å². The predicted octanol–water partition coefficient (Wildman–Crippen LogP) is 1.93. The van der Waals surface area contributed by atoms with Crippen LogP contribution in [0.5, 0.6) is 5.75 Å². The number of piperazine rings is 1. The van der Waals surface area contributed by atoms with Gasteiger partial charge < -0.3 is 24.6 Å². The van der Waals surface area contributed by atoms with Crippen molar-refractivity contribution in [1.82, 2.24) is 15.1 Å². The lowest BCUT2D eigenvalue weighted by Crippen LogP contribution is -2.53. The van der Waals surface area contributed by atoms with Crippen LogP contribution in [0.1, 0.15) is 19.4 Å². The number of para-hydroxylation sites is 1. The van der Waals surface area contributed by atoms with E-state index in [0.29, 0.717) is 32.8 Å². The van der Waals surface area contributed by atoms with Gasteiger partial charge in [-0.3, -0.25) is 4.99 Å². The standard InChI is InChI=1S/C18H28N4O3/c1-4-24-16-9-7-6-8-15(16)14-20-17(19-3)21-10-12-22(13-11-21)18(23)25-5-2/h6-9H,4-5,10-14H2,1-3H3,(H,19,20). The molecule has 1 saturated heterocycles. The molecule has 0 unspecified atom stereocenters. The van der Waals surface area contributed by atoms with Crippen molar-refractivity contribution in [2.75, 3.05) is 46.4 Å². The maximum atomic E-state index is 11.8. The van der Waals surface area contributed by atoms with Gasteiger partial charge in [-0.2, -0.15) is 0 Å². The minimum atomic E-state index is -0.240. The van der Waals surface area contributed by atoms with E-state index in [0.717, 1.165) is 30.4 Å². The molecule has 2 rings (SSSR count). The van der Waals surface area contributed by atoms with Crippen molar-refractivity contribution in [2.45, 2.75) is 20.4 Å². The number of guanidine groups is 1. The molecule has 7 nitrogen and oxygen atoms in total. The highest BCUT2D eigenvalue weighted by molar-refractivity contribution is 5.80. The van der Waals surface area contributed by atoms with Gasteiger partial charge in [-0.05, 0) is 19.9 Å². The van der Waals surface area contributed by atoms with Gasteiger partial charge in [-0.25, -0.2) is 4.79 Å². The van der Waals surface area contributed by atoms with E-state index in [4.69, 9.17) is 9.47 Å². The lowest BCUT2D eigenvalue weighted by atomic mass is 10.2. The molecule has 1 aromatic rings. The number of ether oxygens (including phenoxy) is 2. The molecule has 0 aromatic heterocycles. The normalized spacial score (nSPS) is 15.1. The molecule has 0 saturated carbocycles. The molecular weight excluding hydrogens is 320 g/mol. The molecule has 1 aliphatic rings.